The van der Waals surface area contributed by atoms with Gasteiger partial charge in [-0.3, -0.25) is 9.59 Å². The number of nitrogens with one attached hydrogen (secondary N) is 2. The molecule has 21 heavy (non-hydrogen) atoms. The molecule has 0 aliphatic carbocycles. The van der Waals surface area contributed by atoms with Crippen molar-refractivity contribution in [2.24, 2.45) is 10.8 Å². The lowest BCUT2D eigenvalue weighted by Gasteiger charge is -2.34. The largest absolute Gasteiger partial charge is 0.404 e. The van der Waals surface area contributed by atoms with Crippen molar-refractivity contribution < 1.29 is 22.8 Å². The van der Waals surface area contributed by atoms with Crippen LogP contribution in [-0.4, -0.2) is 56.1 Å². The van der Waals surface area contributed by atoms with Crippen molar-refractivity contribution in [3.8, 4) is 0 Å². The van der Waals surface area contributed by atoms with Gasteiger partial charge in [-0.25, -0.2) is 0 Å². The van der Waals surface area contributed by atoms with Crippen LogP contribution in [0.3, 0.4) is 0 Å². The normalized spacial score (nSPS) is 33.3. The van der Waals surface area contributed by atoms with E-state index >= 15 is 0 Å². The Hall–Kier alpha value is -1.31. The molecule has 0 bridgehead atoms. The average Bonchev–Trinajstić information content (AvgIpc) is 3.04. The Morgan fingerprint density at radius 3 is 2.43 bits per heavy atom. The van der Waals surface area contributed by atoms with E-state index < -0.39 is 22.9 Å². The fraction of sp³-hybridized carbons (Fsp3) is 0.846. The molecule has 2 saturated heterocycles. The monoisotopic (exact) mass is 307 g/mol. The third kappa shape index (κ3) is 2.49. The number of hydrogen-bond acceptors (Lipinski definition) is 3. The predicted octanol–water partition coefficient (Wildman–Crippen LogP) is 0.513. The zero-order valence-electron chi connectivity index (χ0n) is 12.1. The topological polar surface area (TPSA) is 61.4 Å². The summed E-state index contributed by atoms with van der Waals surface area (Å²) in [6.45, 7) is 1.67. The van der Waals surface area contributed by atoms with Crippen molar-refractivity contribution in [3.05, 3.63) is 0 Å². The van der Waals surface area contributed by atoms with Crippen molar-refractivity contribution in [1.82, 2.24) is 15.5 Å². The van der Waals surface area contributed by atoms with Crippen molar-refractivity contribution >= 4 is 11.8 Å². The first-order valence-electron chi connectivity index (χ1n) is 6.95. The number of carbonyl (C=O) groups excluding carboxylic acids is 2. The molecule has 2 aliphatic heterocycles. The van der Waals surface area contributed by atoms with Gasteiger partial charge >= 0.3 is 6.18 Å². The van der Waals surface area contributed by atoms with E-state index in [0.717, 1.165) is 0 Å². The van der Waals surface area contributed by atoms with E-state index in [4.69, 9.17) is 0 Å². The Labute approximate surface area is 121 Å². The summed E-state index contributed by atoms with van der Waals surface area (Å²) in [5.41, 5.74) is -3.16. The van der Waals surface area contributed by atoms with E-state index in [2.05, 4.69) is 10.6 Å². The Kier molecular flexibility index (Phi) is 3.94. The first kappa shape index (κ1) is 16.1. The minimum absolute atomic E-state index is 0.0311. The lowest BCUT2D eigenvalue weighted by atomic mass is 9.84. The highest BCUT2D eigenvalue weighted by molar-refractivity contribution is 5.87. The van der Waals surface area contributed by atoms with Crippen LogP contribution < -0.4 is 10.6 Å². The lowest BCUT2D eigenvalue weighted by molar-refractivity contribution is -0.221. The maximum absolute atomic E-state index is 13.4. The molecule has 0 radical (unpaired) electrons. The van der Waals surface area contributed by atoms with E-state index in [0.29, 0.717) is 6.42 Å². The SMILES string of the molecule is CNC(=O)C1(C)CCN(C(=O)C2(C(F)(F)F)CCNC2)C1. The zero-order chi connectivity index (χ0) is 15.9. The number of halogens is 3. The van der Waals surface area contributed by atoms with Gasteiger partial charge in [0.2, 0.25) is 11.8 Å². The van der Waals surface area contributed by atoms with Gasteiger partial charge in [0, 0.05) is 26.7 Å². The number of likely N-dealkylation sites (tertiary alicyclic amines) is 1. The number of alkyl halides is 3. The van der Waals surface area contributed by atoms with E-state index in [1.165, 1.54) is 11.9 Å². The molecule has 2 fully saturated rings. The first-order valence-corrected chi connectivity index (χ1v) is 6.95. The maximum Gasteiger partial charge on any atom is 0.404 e. The number of amides is 2. The van der Waals surface area contributed by atoms with Crippen molar-refractivity contribution in [2.75, 3.05) is 33.2 Å². The Balaban J connectivity index is 2.19. The Morgan fingerprint density at radius 1 is 1.29 bits per heavy atom. The molecule has 0 spiro atoms. The minimum Gasteiger partial charge on any atom is -0.359 e. The fourth-order valence-corrected chi connectivity index (χ4v) is 3.16. The van der Waals surface area contributed by atoms with Gasteiger partial charge in [0.05, 0.1) is 5.41 Å². The molecular formula is C13H20F3N3O2. The average molecular weight is 307 g/mol. The highest BCUT2D eigenvalue weighted by atomic mass is 19.4. The summed E-state index contributed by atoms with van der Waals surface area (Å²) in [6.07, 6.45) is -4.46. The summed E-state index contributed by atoms with van der Waals surface area (Å²) in [6, 6.07) is 0. The molecule has 2 atom stereocenters. The molecule has 5 nitrogen and oxygen atoms in total. The molecule has 0 aromatic heterocycles. The minimum atomic E-state index is -4.58. The number of rotatable bonds is 2. The second-order valence-electron chi connectivity index (χ2n) is 6.12. The Morgan fingerprint density at radius 2 is 1.95 bits per heavy atom. The van der Waals surface area contributed by atoms with E-state index in [1.807, 2.05) is 0 Å². The summed E-state index contributed by atoms with van der Waals surface area (Å²) in [7, 11) is 1.48. The summed E-state index contributed by atoms with van der Waals surface area (Å²) in [5.74, 6) is -1.16. The van der Waals surface area contributed by atoms with Crippen LogP contribution in [0.1, 0.15) is 19.8 Å². The summed E-state index contributed by atoms with van der Waals surface area (Å²) >= 11 is 0. The third-order valence-corrected chi connectivity index (χ3v) is 4.64. The van der Waals surface area contributed by atoms with Crippen LogP contribution in [0.2, 0.25) is 0 Å². The standard InChI is InChI=1S/C13H20F3N3O2/c1-11(9(20)17-2)4-6-19(8-11)10(21)12(13(14,15)16)3-5-18-7-12/h18H,3-8H2,1-2H3,(H,17,20). The van der Waals surface area contributed by atoms with Crippen LogP contribution in [0.5, 0.6) is 0 Å². The van der Waals surface area contributed by atoms with Crippen LogP contribution >= 0.6 is 0 Å². The number of hydrogen-bond donors (Lipinski definition) is 2. The highest BCUT2D eigenvalue weighted by Gasteiger charge is 2.63. The van der Waals surface area contributed by atoms with E-state index in [9.17, 15) is 22.8 Å². The second-order valence-corrected chi connectivity index (χ2v) is 6.12. The third-order valence-electron chi connectivity index (χ3n) is 4.64. The van der Waals surface area contributed by atoms with E-state index in [-0.39, 0.29) is 38.5 Å². The van der Waals surface area contributed by atoms with Gasteiger partial charge in [-0.15, -0.1) is 0 Å². The van der Waals surface area contributed by atoms with Gasteiger partial charge in [0.15, 0.2) is 5.41 Å². The van der Waals surface area contributed by atoms with Crippen LogP contribution in [0.4, 0.5) is 13.2 Å². The molecule has 2 heterocycles. The van der Waals surface area contributed by atoms with Crippen LogP contribution in [0.15, 0.2) is 0 Å². The molecular weight excluding hydrogens is 287 g/mol. The van der Waals surface area contributed by atoms with Crippen molar-refractivity contribution in [1.29, 1.82) is 0 Å². The van der Waals surface area contributed by atoms with Gasteiger partial charge < -0.3 is 15.5 Å². The summed E-state index contributed by atoms with van der Waals surface area (Å²) < 4.78 is 40.1. The second kappa shape index (κ2) is 5.15. The van der Waals surface area contributed by atoms with Crippen LogP contribution in [-0.2, 0) is 9.59 Å². The van der Waals surface area contributed by atoms with Gasteiger partial charge in [-0.1, -0.05) is 0 Å². The number of carbonyl (C=O) groups is 2. The molecule has 0 aromatic carbocycles. The van der Waals surface area contributed by atoms with Crippen molar-refractivity contribution in [3.63, 3.8) is 0 Å². The highest BCUT2D eigenvalue weighted by Crippen LogP contribution is 2.45. The molecule has 120 valence electrons. The molecule has 0 aromatic rings. The predicted molar refractivity (Wildman–Crippen MR) is 69.3 cm³/mol. The molecule has 2 rings (SSSR count). The van der Waals surface area contributed by atoms with Gasteiger partial charge in [-0.05, 0) is 26.3 Å². The van der Waals surface area contributed by atoms with Crippen LogP contribution in [0.25, 0.3) is 0 Å². The lowest BCUT2D eigenvalue weighted by Crippen LogP contribution is -2.53. The fourth-order valence-electron chi connectivity index (χ4n) is 3.16. The first-order chi connectivity index (χ1) is 9.66. The molecule has 2 aliphatic rings. The van der Waals surface area contributed by atoms with Gasteiger partial charge in [-0.2, -0.15) is 13.2 Å². The maximum atomic E-state index is 13.4. The summed E-state index contributed by atoms with van der Waals surface area (Å²) in [5, 5.41) is 5.14. The molecule has 2 unspecified atom stereocenters. The number of nitrogens with zero attached hydrogens (tertiary/aromatic N) is 1. The smallest absolute Gasteiger partial charge is 0.359 e. The van der Waals surface area contributed by atoms with Gasteiger partial charge in [0.1, 0.15) is 0 Å². The molecule has 2 N–H and O–H groups in total. The van der Waals surface area contributed by atoms with E-state index in [1.54, 1.807) is 6.92 Å². The zero-order valence-corrected chi connectivity index (χ0v) is 12.1. The quantitative estimate of drug-likeness (QED) is 0.781. The molecule has 2 amide bonds. The van der Waals surface area contributed by atoms with Crippen LogP contribution in [0, 0.1) is 10.8 Å². The van der Waals surface area contributed by atoms with Gasteiger partial charge in [0.25, 0.3) is 0 Å². The Bertz CT molecular complexity index is 446. The molecule has 8 heteroatoms. The summed E-state index contributed by atoms with van der Waals surface area (Å²) in [4.78, 5) is 25.5. The van der Waals surface area contributed by atoms with Crippen molar-refractivity contribution in [2.45, 2.75) is 25.9 Å². The molecule has 0 saturated carbocycles.